The van der Waals surface area contributed by atoms with Gasteiger partial charge in [0.15, 0.2) is 0 Å². The summed E-state index contributed by atoms with van der Waals surface area (Å²) >= 11 is 0. The maximum absolute atomic E-state index is 12.8. The van der Waals surface area contributed by atoms with Crippen LogP contribution < -0.4 is 10.9 Å². The molecule has 1 saturated carbocycles. The quantitative estimate of drug-likeness (QED) is 0.665. The monoisotopic (exact) mass is 396 g/mol. The topological polar surface area (TPSA) is 62.6 Å². The molecule has 1 aliphatic carbocycles. The van der Waals surface area contributed by atoms with Crippen LogP contribution in [0.5, 0.6) is 0 Å². The molecule has 0 aliphatic heterocycles. The van der Waals surface area contributed by atoms with Gasteiger partial charge in [-0.2, -0.15) is 0 Å². The molecule has 0 unspecified atom stereocenters. The van der Waals surface area contributed by atoms with Gasteiger partial charge in [-0.1, -0.05) is 44.2 Å². The molecule has 1 aliphatic rings. The van der Waals surface area contributed by atoms with Crippen molar-refractivity contribution in [3.8, 4) is 0 Å². The van der Waals surface area contributed by atoms with E-state index in [0.717, 1.165) is 45.3 Å². The smallest absolute Gasteiger partial charge is 0.349 e. The number of likely N-dealkylation sites (N-methyl/N-ethyl adjacent to an activating group) is 1. The first-order valence-corrected chi connectivity index (χ1v) is 10.7. The molecular weight excluding hydrogens is 364 g/mol. The zero-order chi connectivity index (χ0) is 20.9. The molecule has 1 heterocycles. The van der Waals surface area contributed by atoms with Crippen LogP contribution in [0.1, 0.15) is 60.4 Å². The molecule has 1 N–H and O–H groups in total. The first-order valence-electron chi connectivity index (χ1n) is 10.7. The highest BCUT2D eigenvalue weighted by Gasteiger charge is 2.45. The van der Waals surface area contributed by atoms with E-state index in [1.807, 2.05) is 31.2 Å². The molecule has 0 spiro atoms. The predicted octanol–water partition coefficient (Wildman–Crippen LogP) is 3.73. The van der Waals surface area contributed by atoms with Gasteiger partial charge in [-0.05, 0) is 62.9 Å². The number of hydrogen-bond acceptors (Lipinski definition) is 4. The summed E-state index contributed by atoms with van der Waals surface area (Å²) in [5, 5.41) is 3.11. The van der Waals surface area contributed by atoms with Crippen molar-refractivity contribution in [1.29, 1.82) is 0 Å². The van der Waals surface area contributed by atoms with Crippen molar-refractivity contribution >= 4 is 5.91 Å². The Bertz CT molecular complexity index is 881. The Labute approximate surface area is 173 Å². The Morgan fingerprint density at radius 1 is 1.14 bits per heavy atom. The van der Waals surface area contributed by atoms with Crippen LogP contribution >= 0.6 is 0 Å². The molecule has 5 nitrogen and oxygen atoms in total. The highest BCUT2D eigenvalue weighted by atomic mass is 16.4. The van der Waals surface area contributed by atoms with Gasteiger partial charge in [0.25, 0.3) is 5.91 Å². The Hall–Kier alpha value is -2.40. The van der Waals surface area contributed by atoms with Gasteiger partial charge in [0, 0.05) is 13.0 Å². The molecule has 0 saturated heterocycles. The average Bonchev–Trinajstić information content (AvgIpc) is 3.45. The third-order valence-corrected chi connectivity index (χ3v) is 5.81. The first-order chi connectivity index (χ1) is 14.0. The van der Waals surface area contributed by atoms with Gasteiger partial charge < -0.3 is 14.6 Å². The van der Waals surface area contributed by atoms with E-state index in [-0.39, 0.29) is 17.0 Å². The van der Waals surface area contributed by atoms with E-state index < -0.39 is 5.63 Å². The van der Waals surface area contributed by atoms with Crippen molar-refractivity contribution in [3.05, 3.63) is 69.3 Å². The van der Waals surface area contributed by atoms with Gasteiger partial charge in [-0.3, -0.25) is 4.79 Å². The lowest BCUT2D eigenvalue weighted by Crippen LogP contribution is -2.47. The summed E-state index contributed by atoms with van der Waals surface area (Å²) in [5.74, 6) is 0.334. The zero-order valence-electron chi connectivity index (χ0n) is 17.8. The van der Waals surface area contributed by atoms with Crippen molar-refractivity contribution < 1.29 is 9.21 Å². The second-order valence-corrected chi connectivity index (χ2v) is 8.09. The lowest BCUT2D eigenvalue weighted by Gasteiger charge is -2.26. The Balaban J connectivity index is 1.63. The molecule has 2 aromatic rings. The zero-order valence-corrected chi connectivity index (χ0v) is 17.8. The number of benzene rings is 1. The van der Waals surface area contributed by atoms with Crippen LogP contribution in [0.25, 0.3) is 0 Å². The van der Waals surface area contributed by atoms with Gasteiger partial charge in [-0.15, -0.1) is 0 Å². The summed E-state index contributed by atoms with van der Waals surface area (Å²) in [5.41, 5.74) is 1.37. The summed E-state index contributed by atoms with van der Waals surface area (Å²) in [4.78, 5) is 27.7. The lowest BCUT2D eigenvalue weighted by molar-refractivity contribution is 0.0913. The normalized spacial score (nSPS) is 14.8. The van der Waals surface area contributed by atoms with Crippen LogP contribution in [-0.4, -0.2) is 36.0 Å². The predicted molar refractivity (Wildman–Crippen MR) is 115 cm³/mol. The number of amides is 1. The van der Waals surface area contributed by atoms with E-state index >= 15 is 0 Å². The first kappa shape index (κ1) is 21.3. The molecule has 1 fully saturated rings. The molecule has 3 rings (SSSR count). The van der Waals surface area contributed by atoms with Gasteiger partial charge in [0.2, 0.25) is 0 Å². The summed E-state index contributed by atoms with van der Waals surface area (Å²) < 4.78 is 5.48. The average molecular weight is 397 g/mol. The fraction of sp³-hybridized carbons (Fsp3) is 0.500. The number of carbonyl (C=O) groups is 1. The van der Waals surface area contributed by atoms with Crippen LogP contribution in [0.15, 0.2) is 45.6 Å². The maximum Gasteiger partial charge on any atom is 0.349 e. The van der Waals surface area contributed by atoms with Crippen molar-refractivity contribution in [1.82, 2.24) is 10.2 Å². The molecule has 156 valence electrons. The Kier molecular flexibility index (Phi) is 6.91. The second-order valence-electron chi connectivity index (χ2n) is 8.09. The lowest BCUT2D eigenvalue weighted by atomic mass is 10.1. The summed E-state index contributed by atoms with van der Waals surface area (Å²) in [6.45, 7) is 8.79. The Morgan fingerprint density at radius 2 is 1.83 bits per heavy atom. The van der Waals surface area contributed by atoms with E-state index in [9.17, 15) is 9.59 Å². The molecule has 0 radical (unpaired) electrons. The number of rotatable bonds is 10. The molecule has 0 atom stereocenters. The van der Waals surface area contributed by atoms with Gasteiger partial charge in [0.05, 0.1) is 5.54 Å². The Morgan fingerprint density at radius 3 is 2.41 bits per heavy atom. The molecule has 1 amide bonds. The van der Waals surface area contributed by atoms with Crippen molar-refractivity contribution in [2.75, 3.05) is 19.6 Å². The molecule has 0 bridgehead atoms. The summed E-state index contributed by atoms with van der Waals surface area (Å²) in [6.07, 6.45) is 4.41. The van der Waals surface area contributed by atoms with Crippen LogP contribution in [0, 0.1) is 6.92 Å². The minimum Gasteiger partial charge on any atom is -0.427 e. The van der Waals surface area contributed by atoms with Crippen molar-refractivity contribution in [2.24, 2.45) is 0 Å². The fourth-order valence-corrected chi connectivity index (χ4v) is 3.83. The number of hydrogen-bond donors (Lipinski definition) is 1. The van der Waals surface area contributed by atoms with Crippen LogP contribution in [0.2, 0.25) is 0 Å². The van der Waals surface area contributed by atoms with Crippen molar-refractivity contribution in [3.63, 3.8) is 0 Å². The highest BCUT2D eigenvalue weighted by Crippen LogP contribution is 2.36. The third kappa shape index (κ3) is 5.57. The maximum atomic E-state index is 12.8. The SMILES string of the molecule is CCN(CC)CC1(NC(=O)c2c(C)cc(CCCc3ccccc3)oc2=O)CC1. The van der Waals surface area contributed by atoms with Gasteiger partial charge in [-0.25, -0.2) is 4.79 Å². The molecule has 29 heavy (non-hydrogen) atoms. The number of carbonyl (C=O) groups excluding carboxylic acids is 1. The highest BCUT2D eigenvalue weighted by molar-refractivity contribution is 5.95. The van der Waals surface area contributed by atoms with Crippen LogP contribution in [-0.2, 0) is 12.8 Å². The molecule has 1 aromatic heterocycles. The summed E-state index contributed by atoms with van der Waals surface area (Å²) in [6, 6.07) is 12.1. The van der Waals surface area contributed by atoms with Crippen LogP contribution in [0.4, 0.5) is 0 Å². The molecular formula is C24H32N2O3. The van der Waals surface area contributed by atoms with E-state index in [2.05, 4.69) is 36.2 Å². The van der Waals surface area contributed by atoms with E-state index in [1.165, 1.54) is 5.56 Å². The molecule has 1 aromatic carbocycles. The third-order valence-electron chi connectivity index (χ3n) is 5.81. The number of nitrogens with zero attached hydrogens (tertiary/aromatic N) is 1. The standard InChI is InChI=1S/C24H32N2O3/c1-4-26(5-2)17-24(14-15-24)25-22(27)21-18(3)16-20(29-23(21)28)13-9-12-19-10-7-6-8-11-19/h6-8,10-11,16H,4-5,9,12-15,17H2,1-3H3,(H,25,27). The minimum atomic E-state index is -0.532. The number of nitrogens with one attached hydrogen (secondary N) is 1. The largest absolute Gasteiger partial charge is 0.427 e. The second kappa shape index (κ2) is 9.40. The fourth-order valence-electron chi connectivity index (χ4n) is 3.83. The van der Waals surface area contributed by atoms with Gasteiger partial charge >= 0.3 is 5.63 Å². The van der Waals surface area contributed by atoms with Gasteiger partial charge in [0.1, 0.15) is 11.3 Å². The van der Waals surface area contributed by atoms with E-state index in [4.69, 9.17) is 4.42 Å². The number of aryl methyl sites for hydroxylation is 3. The summed E-state index contributed by atoms with van der Waals surface area (Å²) in [7, 11) is 0. The van der Waals surface area contributed by atoms with Crippen LogP contribution in [0.3, 0.4) is 0 Å². The van der Waals surface area contributed by atoms with E-state index in [1.54, 1.807) is 0 Å². The van der Waals surface area contributed by atoms with E-state index in [0.29, 0.717) is 17.7 Å². The molecule has 5 heteroatoms. The minimum absolute atomic E-state index is 0.141. The van der Waals surface area contributed by atoms with Crippen molar-refractivity contribution in [2.45, 2.75) is 58.4 Å².